The Labute approximate surface area is 177 Å². The first-order valence-corrected chi connectivity index (χ1v) is 10.2. The third-order valence-corrected chi connectivity index (χ3v) is 5.91. The molecule has 1 atom stereocenters. The van der Waals surface area contributed by atoms with Crippen molar-refractivity contribution in [2.45, 2.75) is 23.9 Å². The van der Waals surface area contributed by atoms with Crippen LogP contribution in [0.15, 0.2) is 52.0 Å². The molecule has 0 radical (unpaired) electrons. The lowest BCUT2D eigenvalue weighted by Crippen LogP contribution is -2.46. The number of carbonyl (C=O) groups is 4. The molecule has 0 unspecified atom stereocenters. The second-order valence-electron chi connectivity index (χ2n) is 7.04. The van der Waals surface area contributed by atoms with Crippen molar-refractivity contribution in [1.29, 1.82) is 0 Å². The van der Waals surface area contributed by atoms with E-state index < -0.39 is 17.5 Å². The van der Waals surface area contributed by atoms with E-state index in [0.717, 1.165) is 0 Å². The first kappa shape index (κ1) is 21.4. The molecule has 0 bridgehead atoms. The molecule has 1 aromatic heterocycles. The zero-order valence-electron chi connectivity index (χ0n) is 16.6. The van der Waals surface area contributed by atoms with Crippen molar-refractivity contribution in [1.82, 2.24) is 20.9 Å². The van der Waals surface area contributed by atoms with Gasteiger partial charge in [0.2, 0.25) is 5.91 Å². The Morgan fingerprint density at radius 3 is 2.63 bits per heavy atom. The van der Waals surface area contributed by atoms with E-state index >= 15 is 0 Å². The minimum atomic E-state index is -1.06. The van der Waals surface area contributed by atoms with E-state index in [1.807, 2.05) is 0 Å². The van der Waals surface area contributed by atoms with Gasteiger partial charge in [0.25, 0.3) is 11.8 Å². The average molecular weight is 430 g/mol. The largest absolute Gasteiger partial charge is 0.467 e. The lowest BCUT2D eigenvalue weighted by molar-refractivity contribution is -0.123. The summed E-state index contributed by atoms with van der Waals surface area (Å²) in [6, 6.07) is 9.88. The fraction of sp³-hybridized carbons (Fsp3) is 0.300. The molecule has 10 heteroatoms. The van der Waals surface area contributed by atoms with Gasteiger partial charge < -0.3 is 20.0 Å². The summed E-state index contributed by atoms with van der Waals surface area (Å²) < 4.78 is 5.16. The number of amides is 5. The van der Waals surface area contributed by atoms with Crippen LogP contribution in [0.3, 0.4) is 0 Å². The summed E-state index contributed by atoms with van der Waals surface area (Å²) in [7, 11) is 1.54. The lowest BCUT2D eigenvalue weighted by atomic mass is 10.1. The van der Waals surface area contributed by atoms with Gasteiger partial charge in [0.05, 0.1) is 24.9 Å². The first-order chi connectivity index (χ1) is 14.3. The minimum Gasteiger partial charge on any atom is -0.467 e. The molecule has 0 saturated carbocycles. The second-order valence-corrected chi connectivity index (χ2v) is 8.06. The molecule has 1 fully saturated rings. The Kier molecular flexibility index (Phi) is 6.46. The van der Waals surface area contributed by atoms with Crippen molar-refractivity contribution >= 4 is 35.5 Å². The van der Waals surface area contributed by atoms with Gasteiger partial charge in [-0.1, -0.05) is 12.1 Å². The molecule has 2 heterocycles. The Morgan fingerprint density at radius 2 is 1.97 bits per heavy atom. The molecule has 1 aliphatic heterocycles. The average Bonchev–Trinajstić information content (AvgIpc) is 3.32. The molecule has 5 amide bonds. The summed E-state index contributed by atoms with van der Waals surface area (Å²) in [6.07, 6.45) is 1.52. The van der Waals surface area contributed by atoms with Crippen LogP contribution in [0.5, 0.6) is 0 Å². The summed E-state index contributed by atoms with van der Waals surface area (Å²) in [4.78, 5) is 50.4. The van der Waals surface area contributed by atoms with Crippen LogP contribution >= 0.6 is 11.8 Å². The van der Waals surface area contributed by atoms with E-state index in [1.54, 1.807) is 50.4 Å². The highest BCUT2D eigenvalue weighted by molar-refractivity contribution is 7.99. The number of furan rings is 1. The summed E-state index contributed by atoms with van der Waals surface area (Å²) in [5, 5.41) is 7.51. The normalized spacial score (nSPS) is 17.9. The van der Waals surface area contributed by atoms with Crippen molar-refractivity contribution in [3.8, 4) is 0 Å². The summed E-state index contributed by atoms with van der Waals surface area (Å²) in [6.45, 7) is 1.75. The van der Waals surface area contributed by atoms with E-state index in [9.17, 15) is 19.2 Å². The van der Waals surface area contributed by atoms with Crippen LogP contribution in [0.4, 0.5) is 4.79 Å². The van der Waals surface area contributed by atoms with E-state index in [1.165, 1.54) is 22.9 Å². The Bertz CT molecular complexity index is 962. The molecule has 3 N–H and O–H groups in total. The molecule has 1 aliphatic rings. The first-order valence-electron chi connectivity index (χ1n) is 9.18. The molecule has 1 aromatic carbocycles. The minimum absolute atomic E-state index is 0.116. The van der Waals surface area contributed by atoms with Crippen LogP contribution in [-0.4, -0.2) is 53.5 Å². The van der Waals surface area contributed by atoms with E-state index in [-0.39, 0.29) is 30.7 Å². The van der Waals surface area contributed by atoms with Gasteiger partial charge in [-0.05, 0) is 31.2 Å². The number of thioether (sulfide) groups is 1. The number of carbonyl (C=O) groups excluding carboxylic acids is 4. The lowest BCUT2D eigenvalue weighted by Gasteiger charge is -2.22. The molecular formula is C20H22N4O5S. The number of nitrogens with zero attached hydrogens (tertiary/aromatic N) is 1. The molecule has 2 aromatic rings. The van der Waals surface area contributed by atoms with Gasteiger partial charge in [-0.15, -0.1) is 11.8 Å². The number of imide groups is 1. The topological polar surface area (TPSA) is 121 Å². The predicted octanol–water partition coefficient (Wildman–Crippen LogP) is 1.36. The zero-order valence-corrected chi connectivity index (χ0v) is 17.4. The van der Waals surface area contributed by atoms with E-state index in [4.69, 9.17) is 4.42 Å². The van der Waals surface area contributed by atoms with Crippen LogP contribution < -0.4 is 16.0 Å². The number of likely N-dealkylation sites (N-methyl/N-ethyl adjacent to an activating group) is 1. The van der Waals surface area contributed by atoms with Crippen molar-refractivity contribution in [3.63, 3.8) is 0 Å². The monoisotopic (exact) mass is 430 g/mol. The maximum Gasteiger partial charge on any atom is 0.322 e. The SMILES string of the molecule is CN(CC(=O)NCc1ccco1)C(=O)c1ccccc1SC[C@@]1(C)NC(=O)NC1=O. The Morgan fingerprint density at radius 1 is 1.20 bits per heavy atom. The highest BCUT2D eigenvalue weighted by Gasteiger charge is 2.42. The second kappa shape index (κ2) is 9.04. The van der Waals surface area contributed by atoms with Gasteiger partial charge in [0.15, 0.2) is 0 Å². The van der Waals surface area contributed by atoms with Crippen molar-refractivity contribution in [2.24, 2.45) is 0 Å². The van der Waals surface area contributed by atoms with Crippen molar-refractivity contribution in [2.75, 3.05) is 19.3 Å². The van der Waals surface area contributed by atoms with Crippen LogP contribution in [-0.2, 0) is 16.1 Å². The van der Waals surface area contributed by atoms with E-state index in [2.05, 4.69) is 16.0 Å². The molecule has 9 nitrogen and oxygen atoms in total. The van der Waals surface area contributed by atoms with Gasteiger partial charge in [-0.2, -0.15) is 0 Å². The maximum atomic E-state index is 12.9. The van der Waals surface area contributed by atoms with Gasteiger partial charge in [-0.25, -0.2) is 4.79 Å². The molecule has 158 valence electrons. The number of hydrogen-bond donors (Lipinski definition) is 3. The summed E-state index contributed by atoms with van der Waals surface area (Å²) in [5.41, 5.74) is -0.646. The van der Waals surface area contributed by atoms with Gasteiger partial charge in [-0.3, -0.25) is 19.7 Å². The highest BCUT2D eigenvalue weighted by Crippen LogP contribution is 2.28. The van der Waals surface area contributed by atoms with Crippen LogP contribution in [0.25, 0.3) is 0 Å². The van der Waals surface area contributed by atoms with Crippen LogP contribution in [0.1, 0.15) is 23.0 Å². The predicted molar refractivity (Wildman–Crippen MR) is 110 cm³/mol. The van der Waals surface area contributed by atoms with Gasteiger partial charge >= 0.3 is 6.03 Å². The number of hydrogen-bond acceptors (Lipinski definition) is 6. The van der Waals surface area contributed by atoms with Crippen LogP contribution in [0, 0.1) is 0 Å². The van der Waals surface area contributed by atoms with Gasteiger partial charge in [0, 0.05) is 17.7 Å². The fourth-order valence-corrected chi connectivity index (χ4v) is 3.95. The maximum absolute atomic E-state index is 12.9. The summed E-state index contributed by atoms with van der Waals surface area (Å²) >= 11 is 1.29. The van der Waals surface area contributed by atoms with Crippen molar-refractivity contribution < 1.29 is 23.6 Å². The molecule has 0 spiro atoms. The molecule has 3 rings (SSSR count). The molecule has 30 heavy (non-hydrogen) atoms. The summed E-state index contributed by atoms with van der Waals surface area (Å²) in [5.74, 6) is -0.173. The third-order valence-electron chi connectivity index (χ3n) is 4.52. The molecular weight excluding hydrogens is 408 g/mol. The van der Waals surface area contributed by atoms with E-state index in [0.29, 0.717) is 16.2 Å². The Balaban J connectivity index is 1.61. The van der Waals surface area contributed by atoms with Crippen LogP contribution in [0.2, 0.25) is 0 Å². The standard InChI is InChI=1S/C20H22N4O5S/c1-20(18(27)22-19(28)23-20)12-30-15-8-4-3-7-14(15)17(26)24(2)11-16(25)21-10-13-6-5-9-29-13/h3-9H,10-12H2,1-2H3,(H,21,25)(H2,22,23,27,28)/t20-/m1/s1. The smallest absolute Gasteiger partial charge is 0.322 e. The quantitative estimate of drug-likeness (QED) is 0.430. The number of benzene rings is 1. The third kappa shape index (κ3) is 5.01. The van der Waals surface area contributed by atoms with Crippen molar-refractivity contribution in [3.05, 3.63) is 54.0 Å². The zero-order chi connectivity index (χ0) is 21.7. The van der Waals surface area contributed by atoms with Gasteiger partial charge in [0.1, 0.15) is 11.3 Å². The number of nitrogens with one attached hydrogen (secondary N) is 3. The fourth-order valence-electron chi connectivity index (χ4n) is 2.82. The molecule has 0 aliphatic carbocycles. The number of urea groups is 1. The highest BCUT2D eigenvalue weighted by atomic mass is 32.2. The Hall–Kier alpha value is -3.27. The molecule has 1 saturated heterocycles. The number of rotatable bonds is 8.